The number of halogens is 1. The molecule has 1 atom stereocenters. The van der Waals surface area contributed by atoms with E-state index in [1.807, 2.05) is 24.3 Å². The molecule has 0 spiro atoms. The number of hydrogen-bond donors (Lipinski definition) is 1. The topological polar surface area (TPSA) is 21.3 Å². The van der Waals surface area contributed by atoms with Crippen molar-refractivity contribution < 1.29 is 4.74 Å². The largest absolute Gasteiger partial charge is 0.372 e. The molecular weight excluding hydrogens is 246 g/mol. The molecule has 1 aromatic carbocycles. The molecule has 0 heterocycles. The van der Waals surface area contributed by atoms with E-state index in [1.54, 1.807) is 0 Å². The lowest BCUT2D eigenvalue weighted by Gasteiger charge is -2.21. The van der Waals surface area contributed by atoms with Crippen molar-refractivity contribution in [3.8, 4) is 0 Å². The Labute approximate surface area is 116 Å². The summed E-state index contributed by atoms with van der Waals surface area (Å²) in [5, 5.41) is 4.18. The normalized spacial score (nSPS) is 12.9. The first-order chi connectivity index (χ1) is 8.65. The van der Waals surface area contributed by atoms with Crippen LogP contribution in [0.15, 0.2) is 24.3 Å². The molecule has 0 saturated heterocycles. The van der Waals surface area contributed by atoms with E-state index in [1.165, 1.54) is 0 Å². The number of benzene rings is 1. The molecule has 0 aliphatic carbocycles. The number of hydrogen-bond acceptors (Lipinski definition) is 2. The van der Waals surface area contributed by atoms with Crippen LogP contribution in [0.4, 0.5) is 0 Å². The van der Waals surface area contributed by atoms with Gasteiger partial charge in [-0.05, 0) is 24.9 Å². The van der Waals surface area contributed by atoms with Crippen LogP contribution in [0.5, 0.6) is 0 Å². The van der Waals surface area contributed by atoms with Gasteiger partial charge in [0.05, 0.1) is 6.10 Å². The van der Waals surface area contributed by atoms with E-state index in [0.29, 0.717) is 5.92 Å². The zero-order valence-corrected chi connectivity index (χ0v) is 12.3. The van der Waals surface area contributed by atoms with Gasteiger partial charge in [-0.25, -0.2) is 0 Å². The molecule has 3 heteroatoms. The van der Waals surface area contributed by atoms with Crippen molar-refractivity contribution in [3.63, 3.8) is 0 Å². The van der Waals surface area contributed by atoms with Gasteiger partial charge in [-0.2, -0.15) is 0 Å². The Morgan fingerprint density at radius 2 is 2.00 bits per heavy atom. The van der Waals surface area contributed by atoms with Gasteiger partial charge >= 0.3 is 0 Å². The Morgan fingerprint density at radius 1 is 1.28 bits per heavy atom. The van der Waals surface area contributed by atoms with Gasteiger partial charge in [-0.1, -0.05) is 50.6 Å². The first kappa shape index (κ1) is 15.5. The van der Waals surface area contributed by atoms with Crippen LogP contribution >= 0.6 is 11.6 Å². The van der Waals surface area contributed by atoms with E-state index in [0.717, 1.165) is 36.7 Å². The Kier molecular flexibility index (Phi) is 7.33. The molecule has 0 fully saturated rings. The molecule has 0 radical (unpaired) electrons. The maximum absolute atomic E-state index is 6.24. The summed E-state index contributed by atoms with van der Waals surface area (Å²) in [6, 6.07) is 7.92. The maximum Gasteiger partial charge on any atom is 0.0963 e. The summed E-state index contributed by atoms with van der Waals surface area (Å²) in [7, 11) is 0. The molecule has 0 saturated carbocycles. The van der Waals surface area contributed by atoms with Gasteiger partial charge in [0.25, 0.3) is 0 Å². The van der Waals surface area contributed by atoms with Gasteiger partial charge in [0.15, 0.2) is 0 Å². The first-order valence-electron chi connectivity index (χ1n) is 6.71. The lowest BCUT2D eigenvalue weighted by molar-refractivity contribution is 0.0353. The summed E-state index contributed by atoms with van der Waals surface area (Å²) < 4.78 is 5.97. The Morgan fingerprint density at radius 3 is 2.61 bits per heavy atom. The van der Waals surface area contributed by atoms with Crippen LogP contribution in [-0.2, 0) is 4.74 Å². The highest BCUT2D eigenvalue weighted by Gasteiger charge is 2.15. The highest BCUT2D eigenvalue weighted by molar-refractivity contribution is 6.31. The van der Waals surface area contributed by atoms with Gasteiger partial charge in [0.2, 0.25) is 0 Å². The number of nitrogens with one attached hydrogen (secondary N) is 1. The maximum atomic E-state index is 6.24. The Balaban J connectivity index is 2.66. The molecule has 1 N–H and O–H groups in total. The van der Waals surface area contributed by atoms with Crippen molar-refractivity contribution in [1.29, 1.82) is 0 Å². The van der Waals surface area contributed by atoms with Crippen LogP contribution in [0.3, 0.4) is 0 Å². The van der Waals surface area contributed by atoms with Crippen LogP contribution in [0.25, 0.3) is 0 Å². The van der Waals surface area contributed by atoms with E-state index < -0.39 is 0 Å². The average Bonchev–Trinajstić information content (AvgIpc) is 2.34. The van der Waals surface area contributed by atoms with Crippen molar-refractivity contribution in [1.82, 2.24) is 5.32 Å². The van der Waals surface area contributed by atoms with Crippen molar-refractivity contribution >= 4 is 11.6 Å². The molecule has 102 valence electrons. The van der Waals surface area contributed by atoms with Crippen LogP contribution in [0.2, 0.25) is 5.02 Å². The smallest absolute Gasteiger partial charge is 0.0963 e. The molecule has 0 aliphatic heterocycles. The van der Waals surface area contributed by atoms with Gasteiger partial charge in [0.1, 0.15) is 0 Å². The molecule has 1 aromatic rings. The third-order valence-electron chi connectivity index (χ3n) is 2.64. The minimum atomic E-state index is 0.0349. The lowest BCUT2D eigenvalue weighted by Crippen LogP contribution is -2.25. The summed E-state index contributed by atoms with van der Waals surface area (Å²) in [6.45, 7) is 9.04. The first-order valence-corrected chi connectivity index (χ1v) is 7.09. The summed E-state index contributed by atoms with van der Waals surface area (Å²) in [6.07, 6.45) is 1.16. The predicted molar refractivity (Wildman–Crippen MR) is 78.1 cm³/mol. The molecule has 0 bridgehead atoms. The molecule has 2 nitrogen and oxygen atoms in total. The van der Waals surface area contributed by atoms with E-state index in [4.69, 9.17) is 16.3 Å². The molecule has 0 aliphatic rings. The van der Waals surface area contributed by atoms with Gasteiger partial charge in [0, 0.05) is 23.7 Å². The fraction of sp³-hybridized carbons (Fsp3) is 0.600. The molecule has 0 amide bonds. The monoisotopic (exact) mass is 269 g/mol. The highest BCUT2D eigenvalue weighted by Crippen LogP contribution is 2.25. The zero-order valence-electron chi connectivity index (χ0n) is 11.6. The molecule has 1 unspecified atom stereocenters. The fourth-order valence-electron chi connectivity index (χ4n) is 1.71. The van der Waals surface area contributed by atoms with E-state index in [2.05, 4.69) is 26.1 Å². The predicted octanol–water partition coefficient (Wildman–Crippen LogP) is 4.05. The number of ether oxygens (including phenoxy) is 1. The lowest BCUT2D eigenvalue weighted by atomic mass is 10.1. The number of rotatable bonds is 8. The summed E-state index contributed by atoms with van der Waals surface area (Å²) in [5.41, 5.74) is 1.07. The summed E-state index contributed by atoms with van der Waals surface area (Å²) >= 11 is 6.24. The van der Waals surface area contributed by atoms with Crippen molar-refractivity contribution in [2.45, 2.75) is 33.3 Å². The third-order valence-corrected chi connectivity index (χ3v) is 2.98. The second-order valence-electron chi connectivity index (χ2n) is 4.94. The van der Waals surface area contributed by atoms with E-state index in [-0.39, 0.29) is 6.10 Å². The van der Waals surface area contributed by atoms with E-state index >= 15 is 0 Å². The summed E-state index contributed by atoms with van der Waals surface area (Å²) in [4.78, 5) is 0. The van der Waals surface area contributed by atoms with Crippen LogP contribution in [0, 0.1) is 5.92 Å². The van der Waals surface area contributed by atoms with Gasteiger partial charge in [-0.15, -0.1) is 0 Å². The van der Waals surface area contributed by atoms with Crippen LogP contribution < -0.4 is 5.32 Å². The minimum Gasteiger partial charge on any atom is -0.372 e. The van der Waals surface area contributed by atoms with Gasteiger partial charge < -0.3 is 10.1 Å². The molecular formula is C15H24ClNO. The average molecular weight is 270 g/mol. The van der Waals surface area contributed by atoms with Gasteiger partial charge in [-0.3, -0.25) is 0 Å². The SMILES string of the molecule is CCCNCC(OCC(C)C)c1ccccc1Cl. The highest BCUT2D eigenvalue weighted by atomic mass is 35.5. The second kappa shape index (κ2) is 8.52. The minimum absolute atomic E-state index is 0.0349. The Bertz CT molecular complexity index is 341. The van der Waals surface area contributed by atoms with Crippen LogP contribution in [-0.4, -0.2) is 19.7 Å². The molecule has 1 rings (SSSR count). The van der Waals surface area contributed by atoms with Crippen molar-refractivity contribution in [3.05, 3.63) is 34.9 Å². The summed E-state index contributed by atoms with van der Waals surface area (Å²) in [5.74, 6) is 0.529. The molecule has 18 heavy (non-hydrogen) atoms. The zero-order chi connectivity index (χ0) is 13.4. The van der Waals surface area contributed by atoms with Crippen molar-refractivity contribution in [2.75, 3.05) is 19.7 Å². The standard InChI is InChI=1S/C15H24ClNO/c1-4-9-17-10-15(18-11-12(2)3)13-7-5-6-8-14(13)16/h5-8,12,15,17H,4,9-11H2,1-3H3. The third kappa shape index (κ3) is 5.38. The second-order valence-corrected chi connectivity index (χ2v) is 5.35. The van der Waals surface area contributed by atoms with E-state index in [9.17, 15) is 0 Å². The Hall–Kier alpha value is -0.570. The van der Waals surface area contributed by atoms with Crippen molar-refractivity contribution in [2.24, 2.45) is 5.92 Å². The molecule has 0 aromatic heterocycles. The fourth-order valence-corrected chi connectivity index (χ4v) is 1.97. The van der Waals surface area contributed by atoms with Crippen LogP contribution in [0.1, 0.15) is 38.9 Å². The quantitative estimate of drug-likeness (QED) is 0.719.